The minimum absolute atomic E-state index is 1.16. The number of nitrogens with zero attached hydrogens (tertiary/aromatic N) is 1. The first-order valence-corrected chi connectivity index (χ1v) is 5.79. The van der Waals surface area contributed by atoms with E-state index in [-0.39, 0.29) is 0 Å². The average Bonchev–Trinajstić information content (AvgIpc) is 2.63. The highest BCUT2D eigenvalue weighted by Crippen LogP contribution is 2.23. The number of hydrogen-bond acceptors (Lipinski definition) is 2. The van der Waals surface area contributed by atoms with Gasteiger partial charge in [-0.3, -0.25) is 4.98 Å². The Morgan fingerprint density at radius 2 is 1.86 bits per heavy atom. The maximum absolute atomic E-state index is 3.97. The van der Waals surface area contributed by atoms with Gasteiger partial charge in [-0.15, -0.1) is 11.3 Å². The van der Waals surface area contributed by atoms with Gasteiger partial charge in [-0.25, -0.2) is 0 Å². The second-order valence-corrected chi connectivity index (χ2v) is 5.25. The molecule has 0 N–H and O–H groups in total. The first kappa shape index (κ1) is 9.62. The van der Waals surface area contributed by atoms with Crippen LogP contribution in [-0.4, -0.2) is 4.98 Å². The molecule has 2 rings (SSSR count). The molecule has 0 unspecified atom stereocenters. The second kappa shape index (κ2) is 4.53. The maximum atomic E-state index is 3.97. The summed E-state index contributed by atoms with van der Waals surface area (Å²) < 4.78 is 1.16. The molecule has 0 spiro atoms. The predicted molar refractivity (Wildman–Crippen MR) is 65.2 cm³/mol. The lowest BCUT2D eigenvalue weighted by Gasteiger charge is -1.89. The average molecular weight is 266 g/mol. The summed E-state index contributed by atoms with van der Waals surface area (Å²) in [6.45, 7) is 0. The summed E-state index contributed by atoms with van der Waals surface area (Å²) in [5.41, 5.74) is 1.17. The normalized spacial score (nSPS) is 10.9. The van der Waals surface area contributed by atoms with E-state index < -0.39 is 0 Å². The smallest absolute Gasteiger partial charge is 0.0704 e. The summed E-state index contributed by atoms with van der Waals surface area (Å²) in [5.74, 6) is 0. The van der Waals surface area contributed by atoms with E-state index in [9.17, 15) is 0 Å². The number of halogens is 1. The molecule has 2 heterocycles. The first-order valence-electron chi connectivity index (χ1n) is 4.18. The monoisotopic (exact) mass is 265 g/mol. The van der Waals surface area contributed by atoms with Crippen LogP contribution in [0.5, 0.6) is 0 Å². The molecule has 0 fully saturated rings. The quantitative estimate of drug-likeness (QED) is 0.798. The molecular weight excluding hydrogens is 258 g/mol. The van der Waals surface area contributed by atoms with E-state index in [1.54, 1.807) is 23.7 Å². The Kier molecular flexibility index (Phi) is 3.11. The minimum atomic E-state index is 1.16. The Labute approximate surface area is 95.3 Å². The third-order valence-corrected chi connectivity index (χ3v) is 3.33. The molecule has 70 valence electrons. The highest BCUT2D eigenvalue weighted by molar-refractivity contribution is 9.11. The van der Waals surface area contributed by atoms with Gasteiger partial charge >= 0.3 is 0 Å². The van der Waals surface area contributed by atoms with Crippen molar-refractivity contribution < 1.29 is 0 Å². The Morgan fingerprint density at radius 1 is 1.07 bits per heavy atom. The molecule has 3 heteroatoms. The van der Waals surface area contributed by atoms with Gasteiger partial charge in [-0.05, 0) is 51.8 Å². The van der Waals surface area contributed by atoms with E-state index in [1.807, 2.05) is 12.1 Å². The Bertz CT molecular complexity index is 434. The number of hydrogen-bond donors (Lipinski definition) is 0. The molecular formula is C11H8BrNS. The molecule has 1 nitrogen and oxygen atoms in total. The summed E-state index contributed by atoms with van der Waals surface area (Å²) in [7, 11) is 0. The molecule has 0 aliphatic rings. The molecule has 0 radical (unpaired) electrons. The van der Waals surface area contributed by atoms with Crippen molar-refractivity contribution in [3.63, 3.8) is 0 Å². The molecule has 14 heavy (non-hydrogen) atoms. The summed E-state index contributed by atoms with van der Waals surface area (Å²) in [6, 6.07) is 8.11. The van der Waals surface area contributed by atoms with Crippen molar-refractivity contribution in [3.8, 4) is 0 Å². The van der Waals surface area contributed by atoms with Gasteiger partial charge in [0.1, 0.15) is 0 Å². The van der Waals surface area contributed by atoms with E-state index in [2.05, 4.69) is 45.2 Å². The number of aromatic nitrogens is 1. The lowest BCUT2D eigenvalue weighted by Crippen LogP contribution is -1.71. The molecule has 0 saturated carbocycles. The van der Waals surface area contributed by atoms with Crippen LogP contribution < -0.4 is 0 Å². The van der Waals surface area contributed by atoms with E-state index in [0.717, 1.165) is 3.79 Å². The molecule has 0 saturated heterocycles. The van der Waals surface area contributed by atoms with E-state index in [0.29, 0.717) is 0 Å². The fourth-order valence-electron chi connectivity index (χ4n) is 1.07. The van der Waals surface area contributed by atoms with E-state index in [4.69, 9.17) is 0 Å². The molecule has 0 aliphatic heterocycles. The first-order chi connectivity index (χ1) is 6.84. The summed E-state index contributed by atoms with van der Waals surface area (Å²) in [4.78, 5) is 5.21. The van der Waals surface area contributed by atoms with Crippen LogP contribution in [0.15, 0.2) is 40.4 Å². The Balaban J connectivity index is 2.15. The van der Waals surface area contributed by atoms with Crippen LogP contribution in [0.4, 0.5) is 0 Å². The molecule has 0 bridgehead atoms. The van der Waals surface area contributed by atoms with Crippen molar-refractivity contribution in [1.82, 2.24) is 4.98 Å². The van der Waals surface area contributed by atoms with Crippen LogP contribution in [0, 0.1) is 0 Å². The zero-order valence-electron chi connectivity index (χ0n) is 7.35. The molecule has 0 amide bonds. The van der Waals surface area contributed by atoms with Crippen molar-refractivity contribution in [1.29, 1.82) is 0 Å². The summed E-state index contributed by atoms with van der Waals surface area (Å²) >= 11 is 5.15. The van der Waals surface area contributed by atoms with Crippen LogP contribution in [0.25, 0.3) is 12.2 Å². The fraction of sp³-hybridized carbons (Fsp3) is 0. The van der Waals surface area contributed by atoms with Crippen LogP contribution in [0.2, 0.25) is 0 Å². The molecule has 2 aromatic heterocycles. The largest absolute Gasteiger partial charge is 0.265 e. The van der Waals surface area contributed by atoms with Gasteiger partial charge < -0.3 is 0 Å². The highest BCUT2D eigenvalue weighted by atomic mass is 79.9. The van der Waals surface area contributed by atoms with E-state index >= 15 is 0 Å². The fourth-order valence-corrected chi connectivity index (χ4v) is 2.40. The van der Waals surface area contributed by atoms with Crippen LogP contribution in [-0.2, 0) is 0 Å². The van der Waals surface area contributed by atoms with Crippen LogP contribution in [0.3, 0.4) is 0 Å². The van der Waals surface area contributed by atoms with Crippen molar-refractivity contribution in [2.45, 2.75) is 0 Å². The zero-order chi connectivity index (χ0) is 9.80. The maximum Gasteiger partial charge on any atom is 0.0704 e. The molecule has 0 aromatic carbocycles. The Morgan fingerprint density at radius 3 is 2.50 bits per heavy atom. The third kappa shape index (κ3) is 2.53. The standard InChI is InChI=1S/C11H8BrNS/c12-11-4-3-10(14-11)2-1-9-5-7-13-8-6-9/h1-8H/b2-1+. The summed E-state index contributed by atoms with van der Waals surface area (Å²) in [6.07, 6.45) is 7.78. The molecule has 0 aliphatic carbocycles. The predicted octanol–water partition coefficient (Wildman–Crippen LogP) is 4.08. The molecule has 2 aromatic rings. The van der Waals surface area contributed by atoms with Crippen LogP contribution >= 0.6 is 27.3 Å². The zero-order valence-corrected chi connectivity index (χ0v) is 9.75. The van der Waals surface area contributed by atoms with Crippen molar-refractivity contribution in [3.05, 3.63) is 50.9 Å². The Hall–Kier alpha value is -0.930. The van der Waals surface area contributed by atoms with Gasteiger partial charge in [0, 0.05) is 17.3 Å². The highest BCUT2D eigenvalue weighted by Gasteiger charge is 1.92. The lowest BCUT2D eigenvalue weighted by molar-refractivity contribution is 1.32. The van der Waals surface area contributed by atoms with Gasteiger partial charge in [0.2, 0.25) is 0 Å². The molecule has 0 atom stereocenters. The summed E-state index contributed by atoms with van der Waals surface area (Å²) in [5, 5.41) is 0. The SMILES string of the molecule is Brc1ccc(/C=C/c2ccncc2)s1. The number of thiophene rings is 1. The second-order valence-electron chi connectivity index (χ2n) is 2.76. The van der Waals surface area contributed by atoms with Crippen molar-refractivity contribution >= 4 is 39.4 Å². The van der Waals surface area contributed by atoms with Gasteiger partial charge in [-0.2, -0.15) is 0 Å². The van der Waals surface area contributed by atoms with Gasteiger partial charge in [-0.1, -0.05) is 6.08 Å². The van der Waals surface area contributed by atoms with Gasteiger partial charge in [0.15, 0.2) is 0 Å². The van der Waals surface area contributed by atoms with Crippen molar-refractivity contribution in [2.75, 3.05) is 0 Å². The van der Waals surface area contributed by atoms with Crippen molar-refractivity contribution in [2.24, 2.45) is 0 Å². The minimum Gasteiger partial charge on any atom is -0.265 e. The van der Waals surface area contributed by atoms with Crippen LogP contribution in [0.1, 0.15) is 10.4 Å². The topological polar surface area (TPSA) is 12.9 Å². The number of rotatable bonds is 2. The third-order valence-electron chi connectivity index (χ3n) is 1.74. The van der Waals surface area contributed by atoms with Gasteiger partial charge in [0.05, 0.1) is 3.79 Å². The lowest BCUT2D eigenvalue weighted by atomic mass is 10.2. The van der Waals surface area contributed by atoms with Gasteiger partial charge in [0.25, 0.3) is 0 Å². The number of pyridine rings is 1. The van der Waals surface area contributed by atoms with E-state index in [1.165, 1.54) is 10.4 Å².